The minimum Gasteiger partial charge on any atom is -0.494 e. The Morgan fingerprint density at radius 3 is 2.46 bits per heavy atom. The van der Waals surface area contributed by atoms with Gasteiger partial charge in [0, 0.05) is 5.69 Å². The predicted octanol–water partition coefficient (Wildman–Crippen LogP) is 3.52. The molecule has 0 aromatic heterocycles. The van der Waals surface area contributed by atoms with E-state index in [1.165, 1.54) is 18.1 Å². The molecule has 0 saturated carbocycles. The molecule has 1 atom stereocenters. The molecule has 1 aliphatic carbocycles. The molecule has 148 valence electrons. The monoisotopic (exact) mass is 383 g/mol. The molecule has 0 heterocycles. The van der Waals surface area contributed by atoms with Crippen LogP contribution < -0.4 is 14.8 Å². The number of aryl methyl sites for hydroxylation is 2. The van der Waals surface area contributed by atoms with Crippen molar-refractivity contribution < 1.29 is 23.8 Å². The van der Waals surface area contributed by atoms with E-state index in [0.717, 1.165) is 25.0 Å². The van der Waals surface area contributed by atoms with Crippen LogP contribution in [0.4, 0.5) is 5.69 Å². The van der Waals surface area contributed by atoms with Gasteiger partial charge >= 0.3 is 5.97 Å². The third-order valence-electron chi connectivity index (χ3n) is 4.54. The molecule has 1 N–H and O–H groups in total. The van der Waals surface area contributed by atoms with Crippen LogP contribution in [0, 0.1) is 0 Å². The van der Waals surface area contributed by atoms with E-state index >= 15 is 0 Å². The zero-order chi connectivity index (χ0) is 19.9. The summed E-state index contributed by atoms with van der Waals surface area (Å²) in [6, 6.07) is 12.9. The molecular weight excluding hydrogens is 358 g/mol. The minimum absolute atomic E-state index is 0.237. The molecule has 3 rings (SSSR count). The number of fused-ring (bicyclic) bond motifs is 1. The molecule has 0 radical (unpaired) electrons. The van der Waals surface area contributed by atoms with Crippen molar-refractivity contribution in [1.29, 1.82) is 0 Å². The van der Waals surface area contributed by atoms with Crippen LogP contribution in [0.2, 0.25) is 0 Å². The average molecular weight is 383 g/mol. The van der Waals surface area contributed by atoms with E-state index in [1.807, 2.05) is 25.1 Å². The van der Waals surface area contributed by atoms with E-state index in [4.69, 9.17) is 14.2 Å². The Morgan fingerprint density at radius 1 is 1.00 bits per heavy atom. The Bertz CT molecular complexity index is 831. The Morgan fingerprint density at radius 2 is 1.71 bits per heavy atom. The zero-order valence-corrected chi connectivity index (χ0v) is 16.2. The molecule has 2 aromatic rings. The van der Waals surface area contributed by atoms with Crippen molar-refractivity contribution in [2.45, 2.75) is 39.2 Å². The Balaban J connectivity index is 1.44. The molecule has 0 bridgehead atoms. The van der Waals surface area contributed by atoms with Crippen LogP contribution in [0.15, 0.2) is 42.5 Å². The summed E-state index contributed by atoms with van der Waals surface area (Å²) in [6.07, 6.45) is 2.36. The highest BCUT2D eigenvalue weighted by molar-refractivity contribution is 5.95. The minimum atomic E-state index is -0.928. The van der Waals surface area contributed by atoms with Crippen molar-refractivity contribution in [2.75, 3.05) is 18.5 Å². The van der Waals surface area contributed by atoms with E-state index in [1.54, 1.807) is 24.3 Å². The number of hydrogen-bond donors (Lipinski definition) is 1. The summed E-state index contributed by atoms with van der Waals surface area (Å²) < 4.78 is 16.0. The van der Waals surface area contributed by atoms with Crippen molar-refractivity contribution in [2.24, 2.45) is 0 Å². The van der Waals surface area contributed by atoms with Gasteiger partial charge in [-0.25, -0.2) is 4.79 Å². The summed E-state index contributed by atoms with van der Waals surface area (Å²) in [7, 11) is 0. The molecule has 1 aliphatic rings. The van der Waals surface area contributed by atoms with Crippen molar-refractivity contribution in [1.82, 2.24) is 0 Å². The molecule has 28 heavy (non-hydrogen) atoms. The molecule has 2 aromatic carbocycles. The Labute approximate surface area is 164 Å². The second kappa shape index (κ2) is 9.26. The molecule has 0 aliphatic heterocycles. The summed E-state index contributed by atoms with van der Waals surface area (Å²) in [5.74, 6) is 0.373. The molecule has 1 amide bonds. The molecule has 6 heteroatoms. The summed E-state index contributed by atoms with van der Waals surface area (Å²) in [5.41, 5.74) is 3.22. The molecule has 0 saturated heterocycles. The van der Waals surface area contributed by atoms with E-state index in [0.29, 0.717) is 18.0 Å². The van der Waals surface area contributed by atoms with E-state index in [9.17, 15) is 9.59 Å². The maximum atomic E-state index is 12.2. The predicted molar refractivity (Wildman–Crippen MR) is 106 cm³/mol. The number of esters is 1. The fraction of sp³-hybridized carbons (Fsp3) is 0.364. The van der Waals surface area contributed by atoms with E-state index < -0.39 is 18.0 Å². The van der Waals surface area contributed by atoms with Gasteiger partial charge in [-0.15, -0.1) is 0 Å². The van der Waals surface area contributed by atoms with E-state index in [-0.39, 0.29) is 6.61 Å². The first-order valence-electron chi connectivity index (χ1n) is 9.53. The molecule has 0 fully saturated rings. The normalized spacial score (nSPS) is 13.4. The molecule has 0 spiro atoms. The highest BCUT2D eigenvalue weighted by Crippen LogP contribution is 2.26. The lowest BCUT2D eigenvalue weighted by Crippen LogP contribution is -2.31. The number of rotatable bonds is 8. The zero-order valence-electron chi connectivity index (χ0n) is 16.2. The van der Waals surface area contributed by atoms with Gasteiger partial charge in [0.1, 0.15) is 11.5 Å². The third-order valence-corrected chi connectivity index (χ3v) is 4.54. The lowest BCUT2D eigenvalue weighted by Gasteiger charge is -2.14. The first-order chi connectivity index (χ1) is 13.5. The lowest BCUT2D eigenvalue weighted by molar-refractivity contribution is -0.155. The van der Waals surface area contributed by atoms with Gasteiger partial charge in [0.25, 0.3) is 5.91 Å². The number of anilines is 1. The summed E-state index contributed by atoms with van der Waals surface area (Å²) >= 11 is 0. The number of carbonyl (C=O) groups excluding carboxylic acids is 2. The Kier molecular flexibility index (Phi) is 6.53. The Hall–Kier alpha value is -3.02. The van der Waals surface area contributed by atoms with Gasteiger partial charge in [-0.05, 0) is 80.6 Å². The number of carbonyl (C=O) groups is 2. The van der Waals surface area contributed by atoms with Gasteiger partial charge in [0.05, 0.1) is 6.61 Å². The fourth-order valence-electron chi connectivity index (χ4n) is 3.11. The topological polar surface area (TPSA) is 73.9 Å². The van der Waals surface area contributed by atoms with Crippen molar-refractivity contribution in [3.05, 3.63) is 53.6 Å². The van der Waals surface area contributed by atoms with Crippen LogP contribution in [0.25, 0.3) is 0 Å². The third kappa shape index (κ3) is 5.25. The lowest BCUT2D eigenvalue weighted by atomic mass is 10.1. The van der Waals surface area contributed by atoms with Gasteiger partial charge in [-0.3, -0.25) is 4.79 Å². The highest BCUT2D eigenvalue weighted by atomic mass is 16.6. The second-order valence-corrected chi connectivity index (χ2v) is 6.65. The molecule has 6 nitrogen and oxygen atoms in total. The molecular formula is C22H25NO5. The maximum absolute atomic E-state index is 12.2. The average Bonchev–Trinajstić information content (AvgIpc) is 3.16. The van der Waals surface area contributed by atoms with Crippen LogP contribution in [0.3, 0.4) is 0 Å². The van der Waals surface area contributed by atoms with Crippen LogP contribution in [0.1, 0.15) is 31.4 Å². The first kappa shape index (κ1) is 19.7. The van der Waals surface area contributed by atoms with Crippen molar-refractivity contribution in [3.63, 3.8) is 0 Å². The number of hydrogen-bond acceptors (Lipinski definition) is 5. The fourth-order valence-corrected chi connectivity index (χ4v) is 3.11. The van der Waals surface area contributed by atoms with Crippen LogP contribution in [-0.4, -0.2) is 31.2 Å². The number of benzene rings is 2. The van der Waals surface area contributed by atoms with Crippen molar-refractivity contribution in [3.8, 4) is 11.5 Å². The van der Waals surface area contributed by atoms with Gasteiger partial charge in [0.2, 0.25) is 0 Å². The van der Waals surface area contributed by atoms with Gasteiger partial charge in [0.15, 0.2) is 12.7 Å². The summed E-state index contributed by atoms with van der Waals surface area (Å²) in [6.45, 7) is 3.77. The van der Waals surface area contributed by atoms with Gasteiger partial charge in [-0.1, -0.05) is 6.07 Å². The van der Waals surface area contributed by atoms with Gasteiger partial charge in [-0.2, -0.15) is 0 Å². The number of ether oxygens (including phenoxy) is 3. The SMILES string of the molecule is CCOc1ccc(NC(=O)[C@@H](C)OC(=O)COc2ccc3c(c2)CCC3)cc1. The van der Waals surface area contributed by atoms with Crippen molar-refractivity contribution >= 4 is 17.6 Å². The highest BCUT2D eigenvalue weighted by Gasteiger charge is 2.19. The summed E-state index contributed by atoms with van der Waals surface area (Å²) in [5, 5.41) is 2.71. The molecule has 0 unspecified atom stereocenters. The van der Waals surface area contributed by atoms with Crippen LogP contribution >= 0.6 is 0 Å². The number of amides is 1. The van der Waals surface area contributed by atoms with Crippen LogP contribution in [0.5, 0.6) is 11.5 Å². The van der Waals surface area contributed by atoms with Crippen LogP contribution in [-0.2, 0) is 27.2 Å². The summed E-state index contributed by atoms with van der Waals surface area (Å²) in [4.78, 5) is 24.2. The maximum Gasteiger partial charge on any atom is 0.344 e. The standard InChI is InChI=1S/C22H25NO5/c1-3-26-19-11-8-18(9-12-19)23-22(25)15(2)28-21(24)14-27-20-10-7-16-5-4-6-17(16)13-20/h7-13,15H,3-6,14H2,1-2H3,(H,23,25)/t15-/m1/s1. The quantitative estimate of drug-likeness (QED) is 0.706. The second-order valence-electron chi connectivity index (χ2n) is 6.65. The largest absolute Gasteiger partial charge is 0.494 e. The number of nitrogens with one attached hydrogen (secondary N) is 1. The van der Waals surface area contributed by atoms with E-state index in [2.05, 4.69) is 5.32 Å². The van der Waals surface area contributed by atoms with Gasteiger partial charge < -0.3 is 19.5 Å². The smallest absolute Gasteiger partial charge is 0.344 e. The first-order valence-corrected chi connectivity index (χ1v) is 9.53.